The van der Waals surface area contributed by atoms with Gasteiger partial charge in [0.2, 0.25) is 0 Å². The van der Waals surface area contributed by atoms with Crippen LogP contribution >= 0.6 is 7.82 Å². The summed E-state index contributed by atoms with van der Waals surface area (Å²) in [7, 11) is -3.89. The molecule has 1 unspecified atom stereocenters. The van der Waals surface area contributed by atoms with Gasteiger partial charge in [-0.05, 0) is 25.5 Å². The molecule has 9 heteroatoms. The van der Waals surface area contributed by atoms with Gasteiger partial charge in [0.15, 0.2) is 5.75 Å². The number of rotatable bonds is 28. The molecule has 0 bridgehead atoms. The monoisotopic (exact) mass is 546 g/mol. The van der Waals surface area contributed by atoms with Crippen molar-refractivity contribution in [2.75, 3.05) is 52.9 Å². The fraction of sp³-hybridized carbons (Fsp3) is 0.786. The molecule has 216 valence electrons. The van der Waals surface area contributed by atoms with Crippen molar-refractivity contribution in [2.24, 2.45) is 0 Å². The molecular formula is C28H51O8P. The highest BCUT2D eigenvalue weighted by Crippen LogP contribution is 2.49. The second-order valence-corrected chi connectivity index (χ2v) is 10.5. The molecule has 0 spiro atoms. The van der Waals surface area contributed by atoms with E-state index in [1.54, 1.807) is 24.3 Å². The Kier molecular flexibility index (Phi) is 23.3. The van der Waals surface area contributed by atoms with Crippen molar-refractivity contribution in [1.82, 2.24) is 0 Å². The van der Waals surface area contributed by atoms with Gasteiger partial charge in [-0.3, -0.25) is 9.05 Å². The molecule has 1 aromatic rings. The van der Waals surface area contributed by atoms with E-state index in [0.717, 1.165) is 19.3 Å². The molecule has 1 aromatic carbocycles. The Labute approximate surface area is 225 Å². The second kappa shape index (κ2) is 25.3. The quantitative estimate of drug-likeness (QED) is 0.0454. The number of benzene rings is 1. The summed E-state index contributed by atoms with van der Waals surface area (Å²) in [5.74, 6) is 0.417. The van der Waals surface area contributed by atoms with E-state index in [-0.39, 0.29) is 19.8 Å². The number of hydrogen-bond acceptors (Lipinski definition) is 8. The van der Waals surface area contributed by atoms with Crippen molar-refractivity contribution in [1.29, 1.82) is 0 Å². The third-order valence-corrected chi connectivity index (χ3v) is 6.90. The van der Waals surface area contributed by atoms with Crippen LogP contribution < -0.4 is 4.89 Å². The number of phosphoric acid groups is 1. The first kappa shape index (κ1) is 34.0. The largest absolute Gasteiger partial charge is 0.511 e. The van der Waals surface area contributed by atoms with Gasteiger partial charge in [0.05, 0.1) is 46.2 Å². The number of ether oxygens (including phenoxy) is 3. The Morgan fingerprint density at radius 2 is 1.05 bits per heavy atom. The van der Waals surface area contributed by atoms with Crippen LogP contribution in [0, 0.1) is 0 Å². The molecule has 0 heterocycles. The lowest BCUT2D eigenvalue weighted by Gasteiger charge is -2.17. The first-order valence-electron chi connectivity index (χ1n) is 14.2. The average molecular weight is 547 g/mol. The maximum Gasteiger partial charge on any atom is 0.511 e. The Morgan fingerprint density at radius 1 is 0.568 bits per heavy atom. The summed E-state index contributed by atoms with van der Waals surface area (Å²) in [6.07, 6.45) is 14.9. The van der Waals surface area contributed by atoms with Gasteiger partial charge in [0.1, 0.15) is 0 Å². The summed E-state index contributed by atoms with van der Waals surface area (Å²) < 4.78 is 45.1. The molecule has 37 heavy (non-hydrogen) atoms. The fourth-order valence-corrected chi connectivity index (χ4v) is 4.55. The van der Waals surface area contributed by atoms with E-state index in [0.29, 0.717) is 38.8 Å². The Balaban J connectivity index is 2.18. The summed E-state index contributed by atoms with van der Waals surface area (Å²) in [5, 5.41) is 0. The minimum Gasteiger partial charge on any atom is -0.379 e. The van der Waals surface area contributed by atoms with Crippen LogP contribution in [0.5, 0.6) is 5.75 Å². The van der Waals surface area contributed by atoms with Crippen molar-refractivity contribution in [2.45, 2.75) is 90.9 Å². The van der Waals surface area contributed by atoms with E-state index in [1.165, 1.54) is 57.8 Å². The molecule has 0 aliphatic heterocycles. The zero-order chi connectivity index (χ0) is 26.7. The maximum absolute atomic E-state index is 13.0. The van der Waals surface area contributed by atoms with Gasteiger partial charge >= 0.3 is 7.82 Å². The van der Waals surface area contributed by atoms with Gasteiger partial charge in [-0.25, -0.2) is 4.57 Å². The second-order valence-electron chi connectivity index (χ2n) is 8.90. The third-order valence-electron chi connectivity index (χ3n) is 5.64. The highest BCUT2D eigenvalue weighted by molar-refractivity contribution is 7.48. The number of phosphoric ester groups is 1. The molecule has 0 aromatic heterocycles. The van der Waals surface area contributed by atoms with Crippen LogP contribution in [-0.4, -0.2) is 52.9 Å². The summed E-state index contributed by atoms with van der Waals surface area (Å²) >= 11 is 0. The lowest BCUT2D eigenvalue weighted by Crippen LogP contribution is -2.12. The zero-order valence-electron chi connectivity index (χ0n) is 23.2. The molecule has 0 aliphatic carbocycles. The van der Waals surface area contributed by atoms with Gasteiger partial charge < -0.3 is 19.1 Å². The standard InChI is InChI=1S/C28H51O8P/c1-3-5-6-7-8-9-10-11-12-13-14-18-21-33-37(29,36-35-28-19-16-15-17-20-28)34-27-26-32-25-24-31-23-22-30-4-2/h15-17,19-20H,3-14,18,21-27H2,1-2H3. The predicted octanol–water partition coefficient (Wildman–Crippen LogP) is 7.91. The van der Waals surface area contributed by atoms with Crippen LogP contribution in [-0.2, 0) is 32.5 Å². The van der Waals surface area contributed by atoms with Crippen LogP contribution in [0.2, 0.25) is 0 Å². The van der Waals surface area contributed by atoms with E-state index in [4.69, 9.17) is 32.8 Å². The highest BCUT2D eigenvalue weighted by Gasteiger charge is 2.29. The minimum absolute atomic E-state index is 0.0484. The summed E-state index contributed by atoms with van der Waals surface area (Å²) in [6.45, 7) is 7.38. The predicted molar refractivity (Wildman–Crippen MR) is 147 cm³/mol. The molecule has 1 atom stereocenters. The molecule has 0 saturated carbocycles. The smallest absolute Gasteiger partial charge is 0.379 e. The first-order valence-corrected chi connectivity index (χ1v) is 15.7. The lowest BCUT2D eigenvalue weighted by molar-refractivity contribution is -0.134. The average Bonchev–Trinajstić information content (AvgIpc) is 2.92. The summed E-state index contributed by atoms with van der Waals surface area (Å²) in [4.78, 5) is 5.19. The van der Waals surface area contributed by atoms with E-state index in [2.05, 4.69) is 6.92 Å². The molecular weight excluding hydrogens is 495 g/mol. The molecule has 0 fully saturated rings. The topological polar surface area (TPSA) is 81.7 Å². The number of hydrogen-bond donors (Lipinski definition) is 0. The van der Waals surface area contributed by atoms with Gasteiger partial charge in [0.25, 0.3) is 0 Å². The Bertz CT molecular complexity index is 646. The number of unbranched alkanes of at least 4 members (excludes halogenated alkanes) is 11. The third kappa shape index (κ3) is 21.6. The molecule has 0 saturated heterocycles. The van der Waals surface area contributed by atoms with E-state index in [1.807, 2.05) is 13.0 Å². The van der Waals surface area contributed by atoms with Crippen LogP contribution in [0.15, 0.2) is 30.3 Å². The molecule has 8 nitrogen and oxygen atoms in total. The van der Waals surface area contributed by atoms with Gasteiger partial charge in [0, 0.05) is 6.61 Å². The highest BCUT2D eigenvalue weighted by atomic mass is 31.2. The SMILES string of the molecule is CCCCCCCCCCCCCCOP(=O)(OCCOCCOCCOCC)OOc1ccccc1. The molecule has 0 amide bonds. The minimum atomic E-state index is -3.89. The van der Waals surface area contributed by atoms with Crippen molar-refractivity contribution < 1.29 is 37.4 Å². The normalized spacial score (nSPS) is 13.0. The zero-order valence-corrected chi connectivity index (χ0v) is 24.1. The van der Waals surface area contributed by atoms with Crippen LogP contribution in [0.4, 0.5) is 0 Å². The van der Waals surface area contributed by atoms with Crippen molar-refractivity contribution in [3.05, 3.63) is 30.3 Å². The molecule has 1 rings (SSSR count). The van der Waals surface area contributed by atoms with E-state index in [9.17, 15) is 4.57 Å². The summed E-state index contributed by atoms with van der Waals surface area (Å²) in [5.41, 5.74) is 0. The van der Waals surface area contributed by atoms with Gasteiger partial charge in [-0.1, -0.05) is 100 Å². The molecule has 0 N–H and O–H groups in total. The van der Waals surface area contributed by atoms with E-state index >= 15 is 0 Å². The van der Waals surface area contributed by atoms with Crippen LogP contribution in [0.3, 0.4) is 0 Å². The summed E-state index contributed by atoms with van der Waals surface area (Å²) in [6, 6.07) is 8.84. The van der Waals surface area contributed by atoms with Gasteiger partial charge in [-0.15, -0.1) is 0 Å². The van der Waals surface area contributed by atoms with Crippen molar-refractivity contribution in [3.8, 4) is 5.75 Å². The van der Waals surface area contributed by atoms with Crippen LogP contribution in [0.1, 0.15) is 90.9 Å². The molecule has 0 aliphatic rings. The van der Waals surface area contributed by atoms with Crippen molar-refractivity contribution >= 4 is 7.82 Å². The Morgan fingerprint density at radius 3 is 1.62 bits per heavy atom. The fourth-order valence-electron chi connectivity index (χ4n) is 3.56. The lowest BCUT2D eigenvalue weighted by atomic mass is 10.1. The molecule has 0 radical (unpaired) electrons. The Hall–Kier alpha value is -0.990. The van der Waals surface area contributed by atoms with Crippen LogP contribution in [0.25, 0.3) is 0 Å². The van der Waals surface area contributed by atoms with Crippen molar-refractivity contribution in [3.63, 3.8) is 0 Å². The first-order chi connectivity index (χ1) is 18.2. The van der Waals surface area contributed by atoms with Gasteiger partial charge in [-0.2, -0.15) is 0 Å². The van der Waals surface area contributed by atoms with E-state index < -0.39 is 7.82 Å². The number of para-hydroxylation sites is 1. The maximum atomic E-state index is 13.0.